The van der Waals surface area contributed by atoms with E-state index in [2.05, 4.69) is 5.32 Å². The number of nitrogens with two attached hydrogens (primary N) is 1. The lowest BCUT2D eigenvalue weighted by Crippen LogP contribution is -2.07. The van der Waals surface area contributed by atoms with Gasteiger partial charge in [0.15, 0.2) is 11.4 Å². The Morgan fingerprint density at radius 1 is 1.46 bits per heavy atom. The molecule has 0 fully saturated rings. The average molecular weight is 173 g/mol. The molecule has 0 unspecified atom stereocenters. The maximum atomic E-state index is 8.52. The van der Waals surface area contributed by atoms with Crippen molar-refractivity contribution in [2.24, 2.45) is 5.73 Å². The van der Waals surface area contributed by atoms with E-state index in [1.54, 1.807) is 6.07 Å². The van der Waals surface area contributed by atoms with E-state index in [0.717, 1.165) is 5.69 Å². The monoisotopic (exact) mass is 173 g/mol. The lowest BCUT2D eigenvalue weighted by molar-refractivity contribution is 0.452. The van der Waals surface area contributed by atoms with Crippen LogP contribution in [0, 0.1) is 11.3 Å². The molecule has 2 rings (SSSR count). The fourth-order valence-electron chi connectivity index (χ4n) is 1.09. The number of nitrogens with zero attached hydrogens (tertiary/aromatic N) is 1. The third-order valence-corrected chi connectivity index (χ3v) is 1.71. The fraction of sp³-hybridized carbons (Fsp3) is 0. The maximum absolute atomic E-state index is 8.52. The molecule has 0 bridgehead atoms. The Bertz CT molecular complexity index is 390. The van der Waals surface area contributed by atoms with Gasteiger partial charge in [0.05, 0.1) is 5.69 Å². The van der Waals surface area contributed by atoms with Crippen LogP contribution in [0.25, 0.3) is 0 Å². The highest BCUT2D eigenvalue weighted by Crippen LogP contribution is 2.32. The molecule has 1 aromatic rings. The van der Waals surface area contributed by atoms with Crippen molar-refractivity contribution in [2.45, 2.75) is 0 Å². The first-order chi connectivity index (χ1) is 6.31. The Morgan fingerprint density at radius 3 is 2.92 bits per heavy atom. The van der Waals surface area contributed by atoms with Crippen LogP contribution in [0.15, 0.2) is 35.8 Å². The van der Waals surface area contributed by atoms with Gasteiger partial charge in [-0.05, 0) is 12.1 Å². The molecule has 1 aliphatic heterocycles. The zero-order valence-electron chi connectivity index (χ0n) is 6.74. The van der Waals surface area contributed by atoms with Crippen LogP contribution in [0.3, 0.4) is 0 Å². The van der Waals surface area contributed by atoms with E-state index in [4.69, 9.17) is 15.7 Å². The molecular formula is C9H7N3O. The molecular weight excluding hydrogens is 166 g/mol. The number of hydrogen-bond acceptors (Lipinski definition) is 4. The Morgan fingerprint density at radius 2 is 2.23 bits per heavy atom. The summed E-state index contributed by atoms with van der Waals surface area (Å²) in [4.78, 5) is 0. The quantitative estimate of drug-likeness (QED) is 0.577. The third kappa shape index (κ3) is 1.16. The summed E-state index contributed by atoms with van der Waals surface area (Å²) in [5, 5.41) is 11.4. The molecule has 1 heterocycles. The van der Waals surface area contributed by atoms with Crippen molar-refractivity contribution in [3.8, 4) is 11.8 Å². The standard InChI is InChI=1S/C9H7N3O/c10-5-6(11)9-12-7-3-1-2-4-8(7)13-9/h1-4,12H,11H2. The number of rotatable bonds is 0. The maximum Gasteiger partial charge on any atom is 0.232 e. The summed E-state index contributed by atoms with van der Waals surface area (Å²) in [6.07, 6.45) is 0. The number of hydrogen-bond donors (Lipinski definition) is 2. The van der Waals surface area contributed by atoms with Crippen LogP contribution in [0.5, 0.6) is 5.75 Å². The summed E-state index contributed by atoms with van der Waals surface area (Å²) >= 11 is 0. The molecule has 13 heavy (non-hydrogen) atoms. The van der Waals surface area contributed by atoms with E-state index < -0.39 is 0 Å². The highest BCUT2D eigenvalue weighted by molar-refractivity contribution is 5.64. The highest BCUT2D eigenvalue weighted by atomic mass is 16.5. The van der Waals surface area contributed by atoms with Gasteiger partial charge in [0.2, 0.25) is 5.88 Å². The highest BCUT2D eigenvalue weighted by Gasteiger charge is 2.17. The molecule has 0 radical (unpaired) electrons. The van der Waals surface area contributed by atoms with Crippen LogP contribution in [0.4, 0.5) is 5.69 Å². The fourth-order valence-corrected chi connectivity index (χ4v) is 1.09. The Balaban J connectivity index is 2.39. The molecule has 0 saturated carbocycles. The minimum absolute atomic E-state index is 0.0520. The number of anilines is 1. The summed E-state index contributed by atoms with van der Waals surface area (Å²) < 4.78 is 5.28. The van der Waals surface area contributed by atoms with Crippen molar-refractivity contribution < 1.29 is 4.74 Å². The van der Waals surface area contributed by atoms with Crippen molar-refractivity contribution in [3.05, 3.63) is 35.8 Å². The van der Waals surface area contributed by atoms with E-state index in [1.807, 2.05) is 24.3 Å². The van der Waals surface area contributed by atoms with E-state index in [-0.39, 0.29) is 5.70 Å². The normalized spacial score (nSPS) is 16.5. The van der Waals surface area contributed by atoms with Gasteiger partial charge in [0.25, 0.3) is 0 Å². The third-order valence-electron chi connectivity index (χ3n) is 1.71. The van der Waals surface area contributed by atoms with Crippen LogP contribution < -0.4 is 15.8 Å². The number of benzene rings is 1. The summed E-state index contributed by atoms with van der Waals surface area (Å²) in [6.45, 7) is 0. The largest absolute Gasteiger partial charge is 0.436 e. The lowest BCUT2D eigenvalue weighted by atomic mass is 10.3. The molecule has 1 aromatic carbocycles. The molecule has 0 aromatic heterocycles. The summed E-state index contributed by atoms with van der Waals surface area (Å²) in [6, 6.07) is 9.20. The van der Waals surface area contributed by atoms with Gasteiger partial charge < -0.3 is 15.8 Å². The Kier molecular flexibility index (Phi) is 1.57. The summed E-state index contributed by atoms with van der Waals surface area (Å²) in [5.74, 6) is 0.999. The molecule has 0 amide bonds. The van der Waals surface area contributed by atoms with Gasteiger partial charge in [0.1, 0.15) is 6.07 Å². The molecule has 4 nitrogen and oxygen atoms in total. The van der Waals surface area contributed by atoms with Gasteiger partial charge in [0, 0.05) is 0 Å². The number of fused-ring (bicyclic) bond motifs is 1. The predicted octanol–water partition coefficient (Wildman–Crippen LogP) is 1.14. The molecule has 4 heteroatoms. The lowest BCUT2D eigenvalue weighted by Gasteiger charge is -1.97. The molecule has 64 valence electrons. The van der Waals surface area contributed by atoms with Crippen molar-refractivity contribution in [3.63, 3.8) is 0 Å². The smallest absolute Gasteiger partial charge is 0.232 e. The van der Waals surface area contributed by atoms with Crippen LogP contribution >= 0.6 is 0 Å². The summed E-state index contributed by atoms with van der Waals surface area (Å²) in [7, 11) is 0. The first-order valence-corrected chi connectivity index (χ1v) is 3.75. The number of para-hydroxylation sites is 2. The SMILES string of the molecule is N#CC(N)=C1Nc2ccccc2O1. The van der Waals surface area contributed by atoms with E-state index >= 15 is 0 Å². The zero-order chi connectivity index (χ0) is 9.26. The second-order valence-electron chi connectivity index (χ2n) is 2.58. The Hall–Kier alpha value is -2.15. The van der Waals surface area contributed by atoms with E-state index in [1.165, 1.54) is 0 Å². The van der Waals surface area contributed by atoms with Gasteiger partial charge >= 0.3 is 0 Å². The van der Waals surface area contributed by atoms with Crippen molar-refractivity contribution in [1.29, 1.82) is 5.26 Å². The molecule has 1 aliphatic rings. The van der Waals surface area contributed by atoms with Crippen molar-refractivity contribution >= 4 is 5.69 Å². The number of ether oxygens (including phenoxy) is 1. The van der Waals surface area contributed by atoms with Crippen LogP contribution in [-0.4, -0.2) is 0 Å². The van der Waals surface area contributed by atoms with Crippen molar-refractivity contribution in [2.75, 3.05) is 5.32 Å². The second-order valence-corrected chi connectivity index (χ2v) is 2.58. The predicted molar refractivity (Wildman–Crippen MR) is 47.5 cm³/mol. The molecule has 0 aliphatic carbocycles. The first-order valence-electron chi connectivity index (χ1n) is 3.75. The second kappa shape index (κ2) is 2.72. The van der Waals surface area contributed by atoms with Crippen LogP contribution in [-0.2, 0) is 0 Å². The molecule has 0 spiro atoms. The molecule has 0 saturated heterocycles. The van der Waals surface area contributed by atoms with Crippen LogP contribution in [0.1, 0.15) is 0 Å². The van der Waals surface area contributed by atoms with E-state index in [0.29, 0.717) is 11.6 Å². The van der Waals surface area contributed by atoms with Gasteiger partial charge in [-0.25, -0.2) is 0 Å². The van der Waals surface area contributed by atoms with E-state index in [9.17, 15) is 0 Å². The molecule has 0 atom stereocenters. The van der Waals surface area contributed by atoms with Gasteiger partial charge in [-0.15, -0.1) is 0 Å². The van der Waals surface area contributed by atoms with Crippen LogP contribution in [0.2, 0.25) is 0 Å². The average Bonchev–Trinajstić information content (AvgIpc) is 2.59. The number of nitrogens with one attached hydrogen (secondary N) is 1. The molecule has 3 N–H and O–H groups in total. The van der Waals surface area contributed by atoms with Gasteiger partial charge in [-0.1, -0.05) is 12.1 Å². The topological polar surface area (TPSA) is 71.1 Å². The first kappa shape index (κ1) is 7.50. The van der Waals surface area contributed by atoms with Crippen molar-refractivity contribution in [1.82, 2.24) is 0 Å². The Labute approximate surface area is 75.2 Å². The minimum Gasteiger partial charge on any atom is -0.436 e. The minimum atomic E-state index is 0.0520. The number of nitriles is 1. The zero-order valence-corrected chi connectivity index (χ0v) is 6.74. The number of allylic oxidation sites excluding steroid dienone is 1. The summed E-state index contributed by atoms with van der Waals surface area (Å²) in [5.41, 5.74) is 6.27. The van der Waals surface area contributed by atoms with Gasteiger partial charge in [-0.2, -0.15) is 5.26 Å². The van der Waals surface area contributed by atoms with Gasteiger partial charge in [-0.3, -0.25) is 0 Å².